The Morgan fingerprint density at radius 1 is 0.490 bits per heavy atom. The molecule has 0 amide bonds. The molecule has 98 heavy (non-hydrogen) atoms. The van der Waals surface area contributed by atoms with Gasteiger partial charge in [0.05, 0.1) is 101 Å². The summed E-state index contributed by atoms with van der Waals surface area (Å²) in [4.78, 5) is 64.7. The van der Waals surface area contributed by atoms with Gasteiger partial charge in [0.1, 0.15) is 34.4 Å². The molecule has 3 saturated heterocycles. The van der Waals surface area contributed by atoms with Crippen LogP contribution in [0.1, 0.15) is 126 Å². The van der Waals surface area contributed by atoms with Crippen molar-refractivity contribution in [2.75, 3.05) is 93.6 Å². The fourth-order valence-electron chi connectivity index (χ4n) is 11.2. The molecule has 0 unspecified atom stereocenters. The van der Waals surface area contributed by atoms with Crippen molar-refractivity contribution in [2.24, 2.45) is 0 Å². The molecule has 3 aliphatic heterocycles. The molecule has 3 aromatic carbocycles. The van der Waals surface area contributed by atoms with Crippen molar-refractivity contribution in [1.82, 2.24) is 35.2 Å². The highest BCUT2D eigenvalue weighted by molar-refractivity contribution is 9.10. The lowest BCUT2D eigenvalue weighted by atomic mass is 10.0. The number of aromatic nitrogens is 6. The molecule has 0 atom stereocenters. The number of nitrogens with two attached hydrogens (primary N) is 1. The van der Waals surface area contributed by atoms with Gasteiger partial charge in [-0.15, -0.1) is 0 Å². The molecule has 3 fully saturated rings. The van der Waals surface area contributed by atoms with Crippen molar-refractivity contribution >= 4 is 125 Å². The van der Waals surface area contributed by atoms with Crippen LogP contribution in [0.5, 0.6) is 0 Å². The lowest BCUT2D eigenvalue weighted by Crippen LogP contribution is -3.00. The third kappa shape index (κ3) is 18.4. The molecule has 33 heteroatoms. The van der Waals surface area contributed by atoms with Gasteiger partial charge >= 0.3 is 0 Å². The summed E-state index contributed by atoms with van der Waals surface area (Å²) < 4.78 is 167. The maximum atomic E-state index is 15.1. The Bertz CT molecular complexity index is 4510. The summed E-state index contributed by atoms with van der Waals surface area (Å²) in [7, 11) is -11.4. The second kappa shape index (κ2) is 33.6. The van der Waals surface area contributed by atoms with E-state index in [0.717, 1.165) is 106 Å². The first kappa shape index (κ1) is 75.6. The van der Waals surface area contributed by atoms with Crippen LogP contribution in [0.2, 0.25) is 0 Å². The maximum absolute atomic E-state index is 15.1. The number of piperazine rings is 1. The number of ketones is 3. The van der Waals surface area contributed by atoms with Gasteiger partial charge in [-0.25, -0.2) is 66.5 Å². The van der Waals surface area contributed by atoms with Crippen LogP contribution in [0, 0.1) is 34.9 Å². The predicted molar refractivity (Wildman–Crippen MR) is 365 cm³/mol. The van der Waals surface area contributed by atoms with Gasteiger partial charge in [-0.2, -0.15) is 0 Å². The van der Waals surface area contributed by atoms with Crippen molar-refractivity contribution in [3.05, 3.63) is 165 Å². The van der Waals surface area contributed by atoms with Crippen LogP contribution >= 0.6 is 15.9 Å². The number of hydrogen-bond donors (Lipinski definition) is 8. The van der Waals surface area contributed by atoms with E-state index in [9.17, 15) is 57.2 Å². The molecule has 22 nitrogen and oxygen atoms in total. The number of H-pyrrole nitrogens is 3. The minimum Gasteiger partial charge on any atom is -1.00 e. The highest BCUT2D eigenvalue weighted by atomic mass is 79.9. The molecule has 12 rings (SSSR count). The first-order valence-corrected chi connectivity index (χ1v) is 37.3. The number of carbonyl (C=O) groups excluding carboxylic acids is 3. The maximum Gasteiger partial charge on any atom is 0.232 e. The Balaban J connectivity index is 0.000000179. The van der Waals surface area contributed by atoms with Gasteiger partial charge in [-0.3, -0.25) is 28.5 Å². The van der Waals surface area contributed by atoms with Crippen molar-refractivity contribution in [2.45, 2.75) is 78.6 Å². The predicted octanol–water partition coefficient (Wildman–Crippen LogP) is 7.57. The average molecular weight is 1510 g/mol. The number of fused-ring (bicyclic) bond motifs is 3. The zero-order valence-corrected chi connectivity index (χ0v) is 58.3. The van der Waals surface area contributed by atoms with E-state index in [-0.39, 0.29) is 46.4 Å². The summed E-state index contributed by atoms with van der Waals surface area (Å²) >= 11 is 3.23. The first-order valence-electron chi connectivity index (χ1n) is 31.5. The minimum absolute atomic E-state index is 0. The molecular weight excluding hydrogens is 1430 g/mol. The Morgan fingerprint density at radius 3 is 1.16 bits per heavy atom. The number of benzene rings is 3. The molecule has 9 N–H and O–H groups in total. The fraction of sp³-hybridized carbons (Fsp3) is 0.354. The second-order valence-electron chi connectivity index (χ2n) is 23.1. The molecule has 9 aromatic rings. The molecular formula is C65H73BrClF6N13O9S3. The van der Waals surface area contributed by atoms with Crippen molar-refractivity contribution in [1.29, 1.82) is 0 Å². The van der Waals surface area contributed by atoms with Gasteiger partial charge in [-0.05, 0) is 135 Å². The molecule has 526 valence electrons. The number of sulfonamides is 3. The number of quaternary nitrogens is 1. The van der Waals surface area contributed by atoms with Crippen molar-refractivity contribution in [3.63, 3.8) is 0 Å². The molecule has 3 aliphatic rings. The van der Waals surface area contributed by atoms with Gasteiger partial charge in [-0.1, -0.05) is 27.2 Å². The highest BCUT2D eigenvalue weighted by Crippen LogP contribution is 2.34. The lowest BCUT2D eigenvalue weighted by molar-refractivity contribution is -0.655. The Morgan fingerprint density at radius 2 is 0.827 bits per heavy atom. The number of aromatic amines is 3. The molecule has 9 heterocycles. The fourth-order valence-corrected chi connectivity index (χ4v) is 14.9. The summed E-state index contributed by atoms with van der Waals surface area (Å²) in [6.45, 7) is 12.8. The van der Waals surface area contributed by atoms with Crippen LogP contribution in [-0.4, -0.2) is 142 Å². The van der Waals surface area contributed by atoms with E-state index in [0.29, 0.717) is 56.8 Å². The first-order chi connectivity index (χ1) is 46.3. The van der Waals surface area contributed by atoms with Crippen LogP contribution in [0.4, 0.5) is 54.8 Å². The second-order valence-corrected chi connectivity index (χ2v) is 29.6. The van der Waals surface area contributed by atoms with Crippen LogP contribution < -0.4 is 47.0 Å². The van der Waals surface area contributed by atoms with Gasteiger partial charge in [0.15, 0.2) is 17.5 Å². The number of anilines is 5. The SMILES string of the molecule is C1CCNCC1.CCCS(=O)(=O)Nc1ccc(F)c(C(=O)c2c[nH]c3ncc(Br)cc23)c1F.CCCS(=O)(=O)Nc1ccc(F)c(C(=O)c2c[nH]c3ncc(N4CCCCC4)cc23)c1F.CCCS(=O)(=O)Nc1ccc(F)c(C(=O)c2c[nH]c3ncc(N4CC[NH2+]CC4)cc23)c1F.[Cl-]. The van der Waals surface area contributed by atoms with Crippen molar-refractivity contribution < 1.29 is 83.7 Å². The smallest absolute Gasteiger partial charge is 0.232 e. The van der Waals surface area contributed by atoms with E-state index in [2.05, 4.69) is 80.4 Å². The van der Waals surface area contributed by atoms with E-state index in [1.165, 1.54) is 57.1 Å². The Hall–Kier alpha value is -8.14. The van der Waals surface area contributed by atoms with E-state index in [4.69, 9.17) is 0 Å². The van der Waals surface area contributed by atoms with Crippen LogP contribution in [0.25, 0.3) is 33.1 Å². The molecule has 6 aromatic heterocycles. The quantitative estimate of drug-likeness (QED) is 0.0269. The molecule has 0 saturated carbocycles. The molecule has 0 radical (unpaired) electrons. The molecule has 0 aliphatic carbocycles. The number of rotatable bonds is 20. The van der Waals surface area contributed by atoms with Gasteiger partial charge in [0.25, 0.3) is 0 Å². The van der Waals surface area contributed by atoms with E-state index in [1.54, 1.807) is 51.4 Å². The van der Waals surface area contributed by atoms with Crippen LogP contribution in [-0.2, 0) is 30.1 Å². The third-order valence-corrected chi connectivity index (χ3v) is 20.8. The summed E-state index contributed by atoms with van der Waals surface area (Å²) in [5.74, 6) is -10.4. The van der Waals surface area contributed by atoms with Crippen LogP contribution in [0.15, 0.2) is 96.3 Å². The minimum atomic E-state index is -3.82. The van der Waals surface area contributed by atoms with Gasteiger partial charge in [0, 0.05) is 75.2 Å². The largest absolute Gasteiger partial charge is 1.00 e. The average Bonchev–Trinajstić information content (AvgIpc) is 1.49. The summed E-state index contributed by atoms with van der Waals surface area (Å²) in [6.07, 6.45) is 17.4. The van der Waals surface area contributed by atoms with Crippen LogP contribution in [0.3, 0.4) is 0 Å². The normalized spacial score (nSPS) is 14.3. The zero-order valence-electron chi connectivity index (χ0n) is 53.5. The number of hydrogen-bond acceptors (Lipinski definition) is 15. The summed E-state index contributed by atoms with van der Waals surface area (Å²) in [5, 5.41) is 6.77. The highest BCUT2D eigenvalue weighted by Gasteiger charge is 2.30. The van der Waals surface area contributed by atoms with E-state index < -0.39 is 116 Å². The number of halogens is 8. The number of nitrogens with zero attached hydrogens (tertiary/aromatic N) is 5. The number of carbonyl (C=O) groups is 3. The number of pyridine rings is 3. The number of nitrogens with one attached hydrogen (secondary N) is 7. The molecule has 0 spiro atoms. The third-order valence-electron chi connectivity index (χ3n) is 15.9. The topological polar surface area (TPSA) is 311 Å². The van der Waals surface area contributed by atoms with Gasteiger partial charge < -0.3 is 47.8 Å². The van der Waals surface area contributed by atoms with E-state index >= 15 is 8.78 Å². The lowest BCUT2D eigenvalue weighted by Gasteiger charge is -2.28. The van der Waals surface area contributed by atoms with Gasteiger partial charge in [0.2, 0.25) is 47.4 Å². The summed E-state index contributed by atoms with van der Waals surface area (Å²) in [6, 6.07) is 10.7. The number of piperidine rings is 2. The zero-order chi connectivity index (χ0) is 69.8. The van der Waals surface area contributed by atoms with Crippen molar-refractivity contribution in [3.8, 4) is 0 Å². The standard InChI is InChI=1S/C22H24F2N4O3S.C21H23F2N5O3S.C17H14BrF2N3O3S.C5H11N.ClH/c1-2-10-32(30,31)27-18-7-6-17(23)19(20(18)24)21(29)16-13-26-22-15(16)11-14(12-25-22)28-8-4-3-5-9-28;1-2-9-32(30,31)27-17-4-3-16(22)18(19(17)23)20(29)15-12-26-21-14(15)10-13(11-25-21)28-7-5-24-6-8-28;1-2-5-27(25,26)23-13-4-3-12(19)14(15(13)20)16(24)11-8-22-17-10(11)6-9(18)7-21-17;1-2-4-6-5-3-1;/h6-7,11-13,27H,2-5,8-10H2,1H3,(H,25,26);3-4,10-12,24,27H,2,5-9H2,1H3,(H,25,26);3-4,6-8,23H,2,5H2,1H3,(H,21,22);6H,1-5H2;1H. The molecule has 0 bridgehead atoms. The Labute approximate surface area is 577 Å². The summed E-state index contributed by atoms with van der Waals surface area (Å²) in [5.41, 5.74) is -0.854. The van der Waals surface area contributed by atoms with E-state index in [1.807, 2.05) is 0 Å². The monoisotopic (exact) mass is 1500 g/mol. The Kier molecular flexibility index (Phi) is 25.9.